The molecule has 1 aromatic rings. The topological polar surface area (TPSA) is 80.9 Å². The van der Waals surface area contributed by atoms with Crippen LogP contribution in [0.4, 0.5) is 5.13 Å². The first-order chi connectivity index (χ1) is 7.26. The summed E-state index contributed by atoms with van der Waals surface area (Å²) in [5, 5.41) is 11.1. The number of amides is 1. The zero-order valence-electron chi connectivity index (χ0n) is 8.52. The van der Waals surface area contributed by atoms with E-state index in [0.717, 1.165) is 16.5 Å². The van der Waals surface area contributed by atoms with E-state index in [-0.39, 0.29) is 5.91 Å². The standard InChI is InChI=1S/C8H14N4OS2/c1-2-6(13)10-7-11-12-8(15-7)14-5-3-4-9/h2-5,9H2,1H3,(H,10,11,13). The SMILES string of the molecule is CCC(=O)Nc1nnc(SCCCN)s1. The van der Waals surface area contributed by atoms with Crippen LogP contribution < -0.4 is 11.1 Å². The molecule has 84 valence electrons. The van der Waals surface area contributed by atoms with Gasteiger partial charge in [-0.1, -0.05) is 30.0 Å². The fourth-order valence-electron chi connectivity index (χ4n) is 0.769. The molecule has 1 heterocycles. The second-order valence-corrected chi connectivity index (χ2v) is 5.09. The molecule has 15 heavy (non-hydrogen) atoms. The molecule has 1 aromatic heterocycles. The maximum absolute atomic E-state index is 11.1. The van der Waals surface area contributed by atoms with Crippen molar-refractivity contribution in [2.24, 2.45) is 5.73 Å². The van der Waals surface area contributed by atoms with Crippen LogP contribution in [-0.2, 0) is 4.79 Å². The number of aromatic nitrogens is 2. The van der Waals surface area contributed by atoms with E-state index in [1.807, 2.05) is 0 Å². The molecule has 0 saturated heterocycles. The van der Waals surface area contributed by atoms with Crippen LogP contribution >= 0.6 is 23.1 Å². The number of carbonyl (C=O) groups is 1. The Balaban J connectivity index is 2.38. The third-order valence-corrected chi connectivity index (χ3v) is 3.61. The number of rotatable bonds is 6. The highest BCUT2D eigenvalue weighted by Crippen LogP contribution is 2.25. The Labute approximate surface area is 96.8 Å². The van der Waals surface area contributed by atoms with Gasteiger partial charge in [0.15, 0.2) is 4.34 Å². The fourth-order valence-corrected chi connectivity index (χ4v) is 2.57. The van der Waals surface area contributed by atoms with E-state index in [2.05, 4.69) is 15.5 Å². The summed E-state index contributed by atoms with van der Waals surface area (Å²) in [7, 11) is 0. The summed E-state index contributed by atoms with van der Waals surface area (Å²) in [5.74, 6) is 0.900. The third-order valence-electron chi connectivity index (χ3n) is 1.55. The molecule has 7 heteroatoms. The average molecular weight is 246 g/mol. The predicted molar refractivity (Wildman–Crippen MR) is 63.2 cm³/mol. The number of nitrogens with zero attached hydrogens (tertiary/aromatic N) is 2. The molecule has 0 aromatic carbocycles. The minimum absolute atomic E-state index is 0.0374. The zero-order valence-corrected chi connectivity index (χ0v) is 10.2. The first-order valence-electron chi connectivity index (χ1n) is 4.72. The van der Waals surface area contributed by atoms with Crippen molar-refractivity contribution in [3.8, 4) is 0 Å². The number of nitrogens with one attached hydrogen (secondary N) is 1. The summed E-state index contributed by atoms with van der Waals surface area (Å²) >= 11 is 3.01. The summed E-state index contributed by atoms with van der Waals surface area (Å²) in [5.41, 5.74) is 5.38. The lowest BCUT2D eigenvalue weighted by Gasteiger charge is -1.95. The quantitative estimate of drug-likeness (QED) is 0.449. The molecule has 0 aliphatic heterocycles. The molecule has 0 spiro atoms. The Bertz CT molecular complexity index is 315. The number of hydrogen-bond donors (Lipinski definition) is 2. The Hall–Kier alpha value is -0.660. The summed E-state index contributed by atoms with van der Waals surface area (Å²) in [4.78, 5) is 11.1. The van der Waals surface area contributed by atoms with Gasteiger partial charge >= 0.3 is 0 Å². The van der Waals surface area contributed by atoms with Gasteiger partial charge in [-0.3, -0.25) is 4.79 Å². The van der Waals surface area contributed by atoms with E-state index in [1.54, 1.807) is 18.7 Å². The van der Waals surface area contributed by atoms with Gasteiger partial charge in [-0.05, 0) is 13.0 Å². The van der Waals surface area contributed by atoms with Crippen LogP contribution in [0.25, 0.3) is 0 Å². The zero-order chi connectivity index (χ0) is 11.1. The lowest BCUT2D eigenvalue weighted by molar-refractivity contribution is -0.115. The molecule has 0 bridgehead atoms. The van der Waals surface area contributed by atoms with Gasteiger partial charge in [0.1, 0.15) is 0 Å². The molecule has 0 saturated carbocycles. The molecule has 1 amide bonds. The smallest absolute Gasteiger partial charge is 0.225 e. The second-order valence-electron chi connectivity index (χ2n) is 2.77. The Kier molecular flexibility index (Phi) is 5.59. The van der Waals surface area contributed by atoms with E-state index in [0.29, 0.717) is 18.1 Å². The van der Waals surface area contributed by atoms with E-state index in [1.165, 1.54) is 11.3 Å². The van der Waals surface area contributed by atoms with Crippen LogP contribution in [0.3, 0.4) is 0 Å². The van der Waals surface area contributed by atoms with Crippen LogP contribution in [0, 0.1) is 0 Å². The summed E-state index contributed by atoms with van der Waals surface area (Å²) in [6.45, 7) is 2.48. The van der Waals surface area contributed by atoms with Crippen molar-refractivity contribution in [3.63, 3.8) is 0 Å². The van der Waals surface area contributed by atoms with Crippen molar-refractivity contribution in [2.75, 3.05) is 17.6 Å². The van der Waals surface area contributed by atoms with E-state index in [9.17, 15) is 4.79 Å². The number of carbonyl (C=O) groups excluding carboxylic acids is 1. The highest BCUT2D eigenvalue weighted by atomic mass is 32.2. The number of nitrogens with two attached hydrogens (primary N) is 1. The summed E-state index contributed by atoms with van der Waals surface area (Å²) in [6, 6.07) is 0. The first kappa shape index (κ1) is 12.4. The lowest BCUT2D eigenvalue weighted by Crippen LogP contribution is -2.08. The molecular formula is C8H14N4OS2. The highest BCUT2D eigenvalue weighted by Gasteiger charge is 2.06. The van der Waals surface area contributed by atoms with Crippen LogP contribution in [0.5, 0.6) is 0 Å². The third kappa shape index (κ3) is 4.59. The molecule has 3 N–H and O–H groups in total. The van der Waals surface area contributed by atoms with Gasteiger partial charge in [-0.25, -0.2) is 0 Å². The van der Waals surface area contributed by atoms with Crippen molar-refractivity contribution in [1.29, 1.82) is 0 Å². The lowest BCUT2D eigenvalue weighted by atomic mass is 10.5. The maximum atomic E-state index is 11.1. The van der Waals surface area contributed by atoms with Gasteiger partial charge in [0.2, 0.25) is 11.0 Å². The normalized spacial score (nSPS) is 10.3. The number of hydrogen-bond acceptors (Lipinski definition) is 6. The molecule has 0 fully saturated rings. The number of anilines is 1. The van der Waals surface area contributed by atoms with Crippen LogP contribution in [0.15, 0.2) is 4.34 Å². The number of thioether (sulfide) groups is 1. The van der Waals surface area contributed by atoms with Gasteiger partial charge in [0.05, 0.1) is 0 Å². The van der Waals surface area contributed by atoms with E-state index in [4.69, 9.17) is 5.73 Å². The van der Waals surface area contributed by atoms with Crippen molar-refractivity contribution in [3.05, 3.63) is 0 Å². The highest BCUT2D eigenvalue weighted by molar-refractivity contribution is 8.01. The van der Waals surface area contributed by atoms with Gasteiger partial charge in [-0.2, -0.15) is 0 Å². The van der Waals surface area contributed by atoms with Crippen LogP contribution in [0.1, 0.15) is 19.8 Å². The van der Waals surface area contributed by atoms with Crippen molar-refractivity contribution in [1.82, 2.24) is 10.2 Å². The fraction of sp³-hybridized carbons (Fsp3) is 0.625. The molecular weight excluding hydrogens is 232 g/mol. The molecule has 5 nitrogen and oxygen atoms in total. The Morgan fingerprint density at radius 3 is 3.07 bits per heavy atom. The monoisotopic (exact) mass is 246 g/mol. The van der Waals surface area contributed by atoms with Crippen molar-refractivity contribution >= 4 is 34.1 Å². The van der Waals surface area contributed by atoms with Crippen molar-refractivity contribution < 1.29 is 4.79 Å². The van der Waals surface area contributed by atoms with Gasteiger partial charge in [-0.15, -0.1) is 10.2 Å². The summed E-state index contributed by atoms with van der Waals surface area (Å²) < 4.78 is 0.870. The van der Waals surface area contributed by atoms with E-state index < -0.39 is 0 Å². The minimum atomic E-state index is -0.0374. The largest absolute Gasteiger partial charge is 0.330 e. The molecule has 1 rings (SSSR count). The second kappa shape index (κ2) is 6.76. The van der Waals surface area contributed by atoms with E-state index >= 15 is 0 Å². The predicted octanol–water partition coefficient (Wildman–Crippen LogP) is 1.33. The van der Waals surface area contributed by atoms with Gasteiger partial charge in [0.25, 0.3) is 0 Å². The molecule has 0 aliphatic rings. The molecule has 0 atom stereocenters. The van der Waals surface area contributed by atoms with Crippen LogP contribution in [0.2, 0.25) is 0 Å². The molecule has 0 unspecified atom stereocenters. The maximum Gasteiger partial charge on any atom is 0.225 e. The Morgan fingerprint density at radius 2 is 2.40 bits per heavy atom. The van der Waals surface area contributed by atoms with Crippen LogP contribution in [-0.4, -0.2) is 28.4 Å². The van der Waals surface area contributed by atoms with Crippen molar-refractivity contribution in [2.45, 2.75) is 24.1 Å². The molecule has 0 radical (unpaired) electrons. The first-order valence-corrected chi connectivity index (χ1v) is 6.52. The van der Waals surface area contributed by atoms with Gasteiger partial charge < -0.3 is 11.1 Å². The minimum Gasteiger partial charge on any atom is -0.330 e. The Morgan fingerprint density at radius 1 is 1.60 bits per heavy atom. The summed E-state index contributed by atoms with van der Waals surface area (Å²) in [6.07, 6.45) is 1.41. The van der Waals surface area contributed by atoms with Gasteiger partial charge in [0, 0.05) is 12.2 Å². The average Bonchev–Trinajstić information content (AvgIpc) is 2.66. The molecule has 0 aliphatic carbocycles.